The minimum atomic E-state index is -0.525. The highest BCUT2D eigenvalue weighted by Gasteiger charge is 2.24. The number of ether oxygens (including phenoxy) is 1. The van der Waals surface area contributed by atoms with Gasteiger partial charge in [-0.1, -0.05) is 29.8 Å². The van der Waals surface area contributed by atoms with Crippen LogP contribution in [-0.2, 0) is 11.3 Å². The molecule has 118 valence electrons. The molecule has 0 bridgehead atoms. The van der Waals surface area contributed by atoms with Gasteiger partial charge in [0.15, 0.2) is 6.10 Å². The second-order valence-corrected chi connectivity index (χ2v) is 5.63. The molecule has 3 rings (SSSR count). The zero-order chi connectivity index (χ0) is 16.4. The van der Waals surface area contributed by atoms with Crippen molar-refractivity contribution in [2.45, 2.75) is 26.5 Å². The van der Waals surface area contributed by atoms with Crippen molar-refractivity contribution in [1.29, 1.82) is 0 Å². The van der Waals surface area contributed by atoms with Crippen molar-refractivity contribution in [3.05, 3.63) is 59.2 Å². The number of hydrogen-bond acceptors (Lipinski definition) is 3. The molecule has 0 radical (unpaired) electrons. The normalized spacial score (nSPS) is 16.1. The summed E-state index contributed by atoms with van der Waals surface area (Å²) >= 11 is 0. The molecule has 2 aromatic rings. The summed E-state index contributed by atoms with van der Waals surface area (Å²) in [5.41, 5.74) is 3.20. The van der Waals surface area contributed by atoms with Crippen molar-refractivity contribution < 1.29 is 14.3 Å². The van der Waals surface area contributed by atoms with Crippen LogP contribution >= 0.6 is 0 Å². The smallest absolute Gasteiger partial charge is 0.265 e. The molecule has 0 aromatic heterocycles. The second kappa shape index (κ2) is 6.12. The molecule has 0 saturated heterocycles. The molecule has 1 aliphatic rings. The maximum absolute atomic E-state index is 12.3. The van der Waals surface area contributed by atoms with E-state index in [0.29, 0.717) is 23.5 Å². The van der Waals surface area contributed by atoms with Crippen molar-refractivity contribution in [1.82, 2.24) is 5.32 Å². The highest BCUT2D eigenvalue weighted by molar-refractivity contribution is 6.00. The van der Waals surface area contributed by atoms with Crippen LogP contribution in [0.3, 0.4) is 0 Å². The summed E-state index contributed by atoms with van der Waals surface area (Å²) in [5, 5.41) is 5.62. The summed E-state index contributed by atoms with van der Waals surface area (Å²) in [7, 11) is 0. The van der Waals surface area contributed by atoms with Crippen LogP contribution in [-0.4, -0.2) is 17.9 Å². The van der Waals surface area contributed by atoms with Gasteiger partial charge in [0.05, 0.1) is 5.69 Å². The van der Waals surface area contributed by atoms with E-state index in [4.69, 9.17) is 4.74 Å². The van der Waals surface area contributed by atoms with Gasteiger partial charge < -0.3 is 15.4 Å². The quantitative estimate of drug-likeness (QED) is 0.916. The number of amides is 2. The SMILES string of the molecule is Cc1cccc(CNC(=O)c2ccc3c(c2)NC(=O)C(C)O3)c1. The lowest BCUT2D eigenvalue weighted by molar-refractivity contribution is -0.122. The zero-order valence-electron chi connectivity index (χ0n) is 13.1. The largest absolute Gasteiger partial charge is 0.479 e. The van der Waals surface area contributed by atoms with Crippen molar-refractivity contribution in [3.8, 4) is 5.75 Å². The molecule has 1 unspecified atom stereocenters. The van der Waals surface area contributed by atoms with Crippen molar-refractivity contribution in [2.75, 3.05) is 5.32 Å². The molecule has 1 heterocycles. The third kappa shape index (κ3) is 3.34. The highest BCUT2D eigenvalue weighted by Crippen LogP contribution is 2.30. The van der Waals surface area contributed by atoms with E-state index >= 15 is 0 Å². The fourth-order valence-corrected chi connectivity index (χ4v) is 2.46. The Kier molecular flexibility index (Phi) is 4.02. The second-order valence-electron chi connectivity index (χ2n) is 5.63. The van der Waals surface area contributed by atoms with Crippen molar-refractivity contribution in [2.24, 2.45) is 0 Å². The van der Waals surface area contributed by atoms with Crippen LogP contribution in [0.15, 0.2) is 42.5 Å². The van der Waals surface area contributed by atoms with Gasteiger partial charge in [-0.15, -0.1) is 0 Å². The lowest BCUT2D eigenvalue weighted by atomic mass is 10.1. The number of fused-ring (bicyclic) bond motifs is 1. The topological polar surface area (TPSA) is 67.4 Å². The Labute approximate surface area is 134 Å². The van der Waals surface area contributed by atoms with Gasteiger partial charge in [0.2, 0.25) is 0 Å². The molecular formula is C18H18N2O3. The van der Waals surface area contributed by atoms with Gasteiger partial charge in [-0.3, -0.25) is 9.59 Å². The van der Waals surface area contributed by atoms with Gasteiger partial charge in [-0.2, -0.15) is 0 Å². The van der Waals surface area contributed by atoms with Gasteiger partial charge >= 0.3 is 0 Å². The van der Waals surface area contributed by atoms with Gasteiger partial charge in [-0.05, 0) is 37.6 Å². The Hall–Kier alpha value is -2.82. The lowest BCUT2D eigenvalue weighted by Gasteiger charge is -2.23. The number of benzene rings is 2. The highest BCUT2D eigenvalue weighted by atomic mass is 16.5. The van der Waals surface area contributed by atoms with E-state index in [1.54, 1.807) is 25.1 Å². The Morgan fingerprint density at radius 1 is 1.26 bits per heavy atom. The minimum absolute atomic E-state index is 0.192. The molecule has 0 fully saturated rings. The molecule has 2 amide bonds. The van der Waals surface area contributed by atoms with E-state index in [0.717, 1.165) is 11.1 Å². The maximum atomic E-state index is 12.3. The number of carbonyl (C=O) groups excluding carboxylic acids is 2. The fourth-order valence-electron chi connectivity index (χ4n) is 2.46. The molecule has 0 spiro atoms. The third-order valence-electron chi connectivity index (χ3n) is 3.71. The average Bonchev–Trinajstić information content (AvgIpc) is 2.53. The van der Waals surface area contributed by atoms with E-state index in [1.807, 2.05) is 31.2 Å². The zero-order valence-corrected chi connectivity index (χ0v) is 13.1. The van der Waals surface area contributed by atoms with Crippen LogP contribution in [0, 0.1) is 6.92 Å². The van der Waals surface area contributed by atoms with Gasteiger partial charge in [0.1, 0.15) is 5.75 Å². The summed E-state index contributed by atoms with van der Waals surface area (Å²) < 4.78 is 5.48. The van der Waals surface area contributed by atoms with E-state index in [9.17, 15) is 9.59 Å². The Balaban J connectivity index is 1.71. The van der Waals surface area contributed by atoms with Crippen LogP contribution in [0.25, 0.3) is 0 Å². The van der Waals surface area contributed by atoms with E-state index < -0.39 is 6.10 Å². The first-order chi connectivity index (χ1) is 11.0. The number of anilines is 1. The third-order valence-corrected chi connectivity index (χ3v) is 3.71. The Morgan fingerprint density at radius 3 is 2.87 bits per heavy atom. The van der Waals surface area contributed by atoms with E-state index in [-0.39, 0.29) is 11.8 Å². The average molecular weight is 310 g/mol. The Bertz CT molecular complexity index is 771. The first-order valence-corrected chi connectivity index (χ1v) is 7.48. The van der Waals surface area contributed by atoms with Crippen LogP contribution in [0.2, 0.25) is 0 Å². The van der Waals surface area contributed by atoms with Crippen LogP contribution in [0.1, 0.15) is 28.4 Å². The predicted octanol–water partition coefficient (Wildman–Crippen LogP) is 2.64. The van der Waals surface area contributed by atoms with Gasteiger partial charge in [0.25, 0.3) is 11.8 Å². The van der Waals surface area contributed by atoms with Crippen LogP contribution in [0.5, 0.6) is 5.75 Å². The summed E-state index contributed by atoms with van der Waals surface area (Å²) in [4.78, 5) is 23.9. The minimum Gasteiger partial charge on any atom is -0.479 e. The summed E-state index contributed by atoms with van der Waals surface area (Å²) in [6.45, 7) is 4.15. The summed E-state index contributed by atoms with van der Waals surface area (Å²) in [5.74, 6) is 0.171. The van der Waals surface area contributed by atoms with E-state index in [2.05, 4.69) is 10.6 Å². The van der Waals surface area contributed by atoms with Gasteiger partial charge in [0, 0.05) is 12.1 Å². The molecule has 0 saturated carbocycles. The predicted molar refractivity (Wildman–Crippen MR) is 87.5 cm³/mol. The standard InChI is InChI=1S/C18H18N2O3/c1-11-4-3-5-13(8-11)10-19-18(22)14-6-7-16-15(9-14)20-17(21)12(2)23-16/h3-9,12H,10H2,1-2H3,(H,19,22)(H,20,21). The molecule has 2 aromatic carbocycles. The molecule has 0 aliphatic carbocycles. The number of rotatable bonds is 3. The van der Waals surface area contributed by atoms with Crippen molar-refractivity contribution in [3.63, 3.8) is 0 Å². The van der Waals surface area contributed by atoms with Crippen molar-refractivity contribution >= 4 is 17.5 Å². The molecule has 5 heteroatoms. The van der Waals surface area contributed by atoms with Crippen LogP contribution in [0.4, 0.5) is 5.69 Å². The molecule has 1 atom stereocenters. The summed E-state index contributed by atoms with van der Waals surface area (Å²) in [6.07, 6.45) is -0.525. The lowest BCUT2D eigenvalue weighted by Crippen LogP contribution is -2.34. The van der Waals surface area contributed by atoms with Gasteiger partial charge in [-0.25, -0.2) is 0 Å². The van der Waals surface area contributed by atoms with E-state index in [1.165, 1.54) is 0 Å². The number of aryl methyl sites for hydroxylation is 1. The molecule has 23 heavy (non-hydrogen) atoms. The Morgan fingerprint density at radius 2 is 2.09 bits per heavy atom. The number of nitrogens with one attached hydrogen (secondary N) is 2. The molecule has 2 N–H and O–H groups in total. The fraction of sp³-hybridized carbons (Fsp3) is 0.222. The number of hydrogen-bond donors (Lipinski definition) is 2. The first kappa shape index (κ1) is 15.1. The molecule has 5 nitrogen and oxygen atoms in total. The maximum Gasteiger partial charge on any atom is 0.265 e. The number of carbonyl (C=O) groups is 2. The molecule has 1 aliphatic heterocycles. The van der Waals surface area contributed by atoms with Crippen LogP contribution < -0.4 is 15.4 Å². The summed E-state index contributed by atoms with van der Waals surface area (Å²) in [6, 6.07) is 13.0. The first-order valence-electron chi connectivity index (χ1n) is 7.48. The molecular weight excluding hydrogens is 292 g/mol. The monoisotopic (exact) mass is 310 g/mol.